The van der Waals surface area contributed by atoms with Gasteiger partial charge in [0.25, 0.3) is 10.0 Å². The number of para-hydroxylation sites is 1. The molecular weight excluding hydrogens is 348 g/mol. The summed E-state index contributed by atoms with van der Waals surface area (Å²) >= 11 is 0. The highest BCUT2D eigenvalue weighted by Gasteiger charge is 2.22. The van der Waals surface area contributed by atoms with Gasteiger partial charge in [-0.25, -0.2) is 8.42 Å². The summed E-state index contributed by atoms with van der Waals surface area (Å²) < 4.78 is 38.6. The molecule has 1 amide bonds. The molecule has 2 aromatic rings. The van der Waals surface area contributed by atoms with E-state index in [1.165, 1.54) is 25.1 Å². The molecule has 3 rings (SSSR count). The summed E-state index contributed by atoms with van der Waals surface area (Å²) in [5, 5.41) is 12.1. The molecule has 0 saturated carbocycles. The van der Waals surface area contributed by atoms with Crippen molar-refractivity contribution in [1.82, 2.24) is 0 Å². The summed E-state index contributed by atoms with van der Waals surface area (Å²) in [7, 11) is -3.97. The number of amides is 1. The largest absolute Gasteiger partial charge is 0.506 e. The molecule has 0 bridgehead atoms. The summed E-state index contributed by atoms with van der Waals surface area (Å²) in [6.45, 7) is 1.96. The van der Waals surface area contributed by atoms with E-state index in [1.54, 1.807) is 18.2 Å². The van der Waals surface area contributed by atoms with Gasteiger partial charge in [0, 0.05) is 6.92 Å². The van der Waals surface area contributed by atoms with Crippen molar-refractivity contribution >= 4 is 27.3 Å². The number of hydrogen-bond acceptors (Lipinski definition) is 6. The smallest absolute Gasteiger partial charge is 0.262 e. The Morgan fingerprint density at radius 1 is 1.12 bits per heavy atom. The Morgan fingerprint density at radius 3 is 2.64 bits per heavy atom. The third-order valence-electron chi connectivity index (χ3n) is 3.40. The van der Waals surface area contributed by atoms with E-state index in [9.17, 15) is 18.3 Å². The fourth-order valence-electron chi connectivity index (χ4n) is 2.33. The first-order valence-electron chi connectivity index (χ1n) is 7.39. The zero-order valence-corrected chi connectivity index (χ0v) is 14.1. The first-order valence-corrected chi connectivity index (χ1v) is 8.87. The van der Waals surface area contributed by atoms with Crippen LogP contribution in [0.4, 0.5) is 11.4 Å². The van der Waals surface area contributed by atoms with Gasteiger partial charge in [-0.1, -0.05) is 6.07 Å². The van der Waals surface area contributed by atoms with Gasteiger partial charge >= 0.3 is 0 Å². The molecule has 0 radical (unpaired) electrons. The number of aromatic hydroxyl groups is 1. The van der Waals surface area contributed by atoms with Crippen LogP contribution < -0.4 is 19.5 Å². The van der Waals surface area contributed by atoms with Crippen LogP contribution in [-0.2, 0) is 14.8 Å². The van der Waals surface area contributed by atoms with Crippen molar-refractivity contribution < 1.29 is 27.8 Å². The average molecular weight is 364 g/mol. The number of phenolic OH excluding ortho intramolecular Hbond substituents is 1. The SMILES string of the molecule is CC(=O)Nc1cc(S(=O)(=O)Nc2cccc3c2OCCO3)ccc1O. The lowest BCUT2D eigenvalue weighted by molar-refractivity contribution is -0.114. The van der Waals surface area contributed by atoms with Gasteiger partial charge in [-0.2, -0.15) is 0 Å². The third kappa shape index (κ3) is 3.61. The molecule has 0 spiro atoms. The Labute approximate surface area is 144 Å². The van der Waals surface area contributed by atoms with E-state index in [0.29, 0.717) is 24.7 Å². The number of sulfonamides is 1. The molecule has 0 aromatic heterocycles. The maximum atomic E-state index is 12.6. The fourth-order valence-corrected chi connectivity index (χ4v) is 3.42. The summed E-state index contributed by atoms with van der Waals surface area (Å²) in [6.07, 6.45) is 0. The minimum absolute atomic E-state index is 0.00467. The van der Waals surface area contributed by atoms with Crippen LogP contribution in [0.5, 0.6) is 17.2 Å². The van der Waals surface area contributed by atoms with Crippen LogP contribution in [0.15, 0.2) is 41.3 Å². The van der Waals surface area contributed by atoms with Crippen LogP contribution >= 0.6 is 0 Å². The van der Waals surface area contributed by atoms with Gasteiger partial charge in [-0.05, 0) is 30.3 Å². The van der Waals surface area contributed by atoms with Crippen LogP contribution in [0.25, 0.3) is 0 Å². The standard InChI is InChI=1S/C16H16N2O6S/c1-10(19)17-13-9-11(5-6-14(13)20)25(21,22)18-12-3-2-4-15-16(12)24-8-7-23-15/h2-6,9,18,20H,7-8H2,1H3,(H,17,19). The number of benzene rings is 2. The Hall–Kier alpha value is -2.94. The molecule has 25 heavy (non-hydrogen) atoms. The van der Waals surface area contributed by atoms with E-state index in [-0.39, 0.29) is 22.0 Å². The highest BCUT2D eigenvalue weighted by molar-refractivity contribution is 7.92. The third-order valence-corrected chi connectivity index (χ3v) is 4.76. The minimum atomic E-state index is -3.97. The van der Waals surface area contributed by atoms with E-state index >= 15 is 0 Å². The summed E-state index contributed by atoms with van der Waals surface area (Å²) in [5.74, 6) is 0.109. The second-order valence-corrected chi connectivity index (χ2v) is 6.98. The Kier molecular flexibility index (Phi) is 4.41. The maximum Gasteiger partial charge on any atom is 0.262 e. The fraction of sp³-hybridized carbons (Fsp3) is 0.188. The maximum absolute atomic E-state index is 12.6. The number of nitrogens with one attached hydrogen (secondary N) is 2. The summed E-state index contributed by atoms with van der Waals surface area (Å²) in [4.78, 5) is 11.0. The number of carbonyl (C=O) groups excluding carboxylic acids is 1. The molecule has 132 valence electrons. The first kappa shape index (κ1) is 16.9. The quantitative estimate of drug-likeness (QED) is 0.714. The Morgan fingerprint density at radius 2 is 1.88 bits per heavy atom. The van der Waals surface area contributed by atoms with Crippen molar-refractivity contribution in [3.8, 4) is 17.2 Å². The highest BCUT2D eigenvalue weighted by Crippen LogP contribution is 2.38. The zero-order valence-electron chi connectivity index (χ0n) is 13.3. The van der Waals surface area contributed by atoms with Crippen LogP contribution in [-0.4, -0.2) is 32.6 Å². The van der Waals surface area contributed by atoms with Gasteiger partial charge in [0.15, 0.2) is 11.5 Å². The van der Waals surface area contributed by atoms with Crippen molar-refractivity contribution in [2.45, 2.75) is 11.8 Å². The molecule has 0 unspecified atom stereocenters. The van der Waals surface area contributed by atoms with Gasteiger partial charge in [0.1, 0.15) is 19.0 Å². The van der Waals surface area contributed by atoms with Gasteiger partial charge in [-0.15, -0.1) is 0 Å². The molecule has 1 heterocycles. The summed E-state index contributed by atoms with van der Waals surface area (Å²) in [6, 6.07) is 8.48. The van der Waals surface area contributed by atoms with Crippen LogP contribution in [0, 0.1) is 0 Å². The number of rotatable bonds is 4. The molecule has 0 atom stereocenters. The van der Waals surface area contributed by atoms with Gasteiger partial charge in [0.05, 0.1) is 16.3 Å². The molecule has 3 N–H and O–H groups in total. The van der Waals surface area contributed by atoms with E-state index in [1.807, 2.05) is 0 Å². The Bertz CT molecular complexity index is 926. The predicted molar refractivity (Wildman–Crippen MR) is 90.7 cm³/mol. The number of phenols is 1. The van der Waals surface area contributed by atoms with E-state index in [2.05, 4.69) is 10.0 Å². The van der Waals surface area contributed by atoms with Gasteiger partial charge < -0.3 is 19.9 Å². The van der Waals surface area contributed by atoms with Crippen molar-refractivity contribution in [2.24, 2.45) is 0 Å². The van der Waals surface area contributed by atoms with Crippen LogP contribution in [0.1, 0.15) is 6.92 Å². The van der Waals surface area contributed by atoms with Crippen LogP contribution in [0.2, 0.25) is 0 Å². The lowest BCUT2D eigenvalue weighted by Crippen LogP contribution is -2.19. The number of ether oxygens (including phenoxy) is 2. The number of carbonyl (C=O) groups is 1. The molecule has 8 nitrogen and oxygen atoms in total. The minimum Gasteiger partial charge on any atom is -0.506 e. The van der Waals surface area contributed by atoms with Gasteiger partial charge in [0.2, 0.25) is 5.91 Å². The van der Waals surface area contributed by atoms with Crippen molar-refractivity contribution in [3.05, 3.63) is 36.4 Å². The molecular formula is C16H16N2O6S. The number of fused-ring (bicyclic) bond motifs is 1. The van der Waals surface area contributed by atoms with Gasteiger partial charge in [-0.3, -0.25) is 9.52 Å². The van der Waals surface area contributed by atoms with Crippen molar-refractivity contribution in [1.29, 1.82) is 0 Å². The second kappa shape index (κ2) is 6.52. The van der Waals surface area contributed by atoms with E-state index < -0.39 is 15.9 Å². The zero-order chi connectivity index (χ0) is 18.0. The molecule has 0 aliphatic carbocycles. The summed E-state index contributed by atoms with van der Waals surface area (Å²) in [5.41, 5.74) is 0.247. The lowest BCUT2D eigenvalue weighted by Gasteiger charge is -2.21. The van der Waals surface area contributed by atoms with Crippen molar-refractivity contribution in [3.63, 3.8) is 0 Å². The average Bonchev–Trinajstić information content (AvgIpc) is 2.56. The normalized spacial score (nSPS) is 13.2. The van der Waals surface area contributed by atoms with E-state index in [4.69, 9.17) is 9.47 Å². The number of anilines is 2. The molecule has 0 saturated heterocycles. The molecule has 9 heteroatoms. The predicted octanol–water partition coefficient (Wildman–Crippen LogP) is 1.92. The van der Waals surface area contributed by atoms with Crippen molar-refractivity contribution in [2.75, 3.05) is 23.3 Å². The lowest BCUT2D eigenvalue weighted by atomic mass is 10.2. The van der Waals surface area contributed by atoms with Crippen LogP contribution in [0.3, 0.4) is 0 Å². The molecule has 1 aliphatic rings. The topological polar surface area (TPSA) is 114 Å². The first-order chi connectivity index (χ1) is 11.9. The molecule has 0 fully saturated rings. The molecule has 1 aliphatic heterocycles. The molecule has 2 aromatic carbocycles. The highest BCUT2D eigenvalue weighted by atomic mass is 32.2. The number of hydrogen-bond donors (Lipinski definition) is 3. The Balaban J connectivity index is 1.94. The monoisotopic (exact) mass is 364 g/mol. The second-order valence-electron chi connectivity index (χ2n) is 5.30. The van der Waals surface area contributed by atoms with E-state index in [0.717, 1.165) is 0 Å².